The van der Waals surface area contributed by atoms with E-state index >= 15 is 0 Å². The molecule has 9 nitrogen and oxygen atoms in total. The molecule has 132 valence electrons. The van der Waals surface area contributed by atoms with E-state index in [2.05, 4.69) is 10.6 Å². The minimum atomic E-state index is -0.946. The van der Waals surface area contributed by atoms with Gasteiger partial charge in [-0.25, -0.2) is 0 Å². The van der Waals surface area contributed by atoms with Crippen molar-refractivity contribution < 1.29 is 19.6 Å². The van der Waals surface area contributed by atoms with Gasteiger partial charge in [0, 0.05) is 43.3 Å². The normalized spacial score (nSPS) is 11.6. The van der Waals surface area contributed by atoms with Crippen LogP contribution in [-0.2, 0) is 16.6 Å². The number of carbonyl (C=O) groups excluding carboxylic acids is 2. The number of aryl methyl sites for hydroxylation is 2. The fourth-order valence-corrected chi connectivity index (χ4v) is 2.28. The first-order valence-corrected chi connectivity index (χ1v) is 7.43. The van der Waals surface area contributed by atoms with Gasteiger partial charge in [0.25, 0.3) is 5.69 Å². The van der Waals surface area contributed by atoms with Crippen molar-refractivity contribution >= 4 is 23.2 Å². The molecule has 0 fully saturated rings. The number of nitro groups is 1. The summed E-state index contributed by atoms with van der Waals surface area (Å²) in [4.78, 5) is 33.9. The van der Waals surface area contributed by atoms with Crippen molar-refractivity contribution in [2.75, 3.05) is 11.9 Å². The van der Waals surface area contributed by atoms with Crippen molar-refractivity contribution in [1.29, 1.82) is 0 Å². The van der Waals surface area contributed by atoms with E-state index < -0.39 is 22.8 Å². The van der Waals surface area contributed by atoms with Crippen LogP contribution < -0.4 is 10.6 Å². The molecule has 2 amide bonds. The second kappa shape index (κ2) is 7.58. The minimum absolute atomic E-state index is 0.106. The van der Waals surface area contributed by atoms with Gasteiger partial charge in [-0.05, 0) is 30.7 Å². The molecule has 1 aromatic carbocycles. The zero-order valence-corrected chi connectivity index (χ0v) is 13.7. The van der Waals surface area contributed by atoms with Gasteiger partial charge in [-0.15, -0.1) is 0 Å². The number of anilines is 1. The number of benzene rings is 1. The van der Waals surface area contributed by atoms with Crippen molar-refractivity contribution in [2.45, 2.75) is 13.0 Å². The summed E-state index contributed by atoms with van der Waals surface area (Å²) in [6.45, 7) is 1.46. The summed E-state index contributed by atoms with van der Waals surface area (Å²) in [5.74, 6) is -1.83. The first-order chi connectivity index (χ1) is 11.8. The quantitative estimate of drug-likeness (QED) is 0.423. The number of nitrogens with zero attached hydrogens (tertiary/aromatic N) is 2. The lowest BCUT2D eigenvalue weighted by Gasteiger charge is -2.13. The van der Waals surface area contributed by atoms with Crippen LogP contribution in [0.4, 0.5) is 11.4 Å². The van der Waals surface area contributed by atoms with Crippen LogP contribution in [0.15, 0.2) is 36.5 Å². The van der Waals surface area contributed by atoms with Gasteiger partial charge >= 0.3 is 11.8 Å². The highest BCUT2D eigenvalue weighted by atomic mass is 16.6. The molecule has 0 bridgehead atoms. The minimum Gasteiger partial charge on any atom is -0.385 e. The Hall–Kier alpha value is -3.20. The zero-order valence-electron chi connectivity index (χ0n) is 13.7. The Labute approximate surface area is 143 Å². The van der Waals surface area contributed by atoms with Gasteiger partial charge in [-0.3, -0.25) is 19.7 Å². The predicted octanol–water partition coefficient (Wildman–Crippen LogP) is 1.03. The van der Waals surface area contributed by atoms with Crippen LogP contribution in [0.5, 0.6) is 0 Å². The molecule has 0 saturated heterocycles. The zero-order chi connectivity index (χ0) is 18.6. The Bertz CT molecular complexity index is 815. The highest BCUT2D eigenvalue weighted by molar-refractivity contribution is 6.39. The van der Waals surface area contributed by atoms with E-state index in [1.807, 2.05) is 0 Å². The number of amides is 2. The van der Waals surface area contributed by atoms with Crippen molar-refractivity contribution in [3.8, 4) is 0 Å². The molecule has 0 aliphatic heterocycles. The van der Waals surface area contributed by atoms with E-state index in [4.69, 9.17) is 0 Å². The number of aliphatic hydroxyl groups is 1. The molecule has 1 aromatic heterocycles. The Kier molecular flexibility index (Phi) is 5.50. The maximum Gasteiger partial charge on any atom is 0.313 e. The van der Waals surface area contributed by atoms with Crippen LogP contribution in [-0.4, -0.2) is 33.0 Å². The Morgan fingerprint density at radius 3 is 2.60 bits per heavy atom. The van der Waals surface area contributed by atoms with E-state index in [0.29, 0.717) is 16.9 Å². The molecule has 0 radical (unpaired) electrons. The lowest BCUT2D eigenvalue weighted by atomic mass is 10.2. The summed E-state index contributed by atoms with van der Waals surface area (Å²) in [5.41, 5.74) is 1.26. The predicted molar refractivity (Wildman–Crippen MR) is 89.8 cm³/mol. The number of aliphatic hydroxyl groups excluding tert-OH is 1. The summed E-state index contributed by atoms with van der Waals surface area (Å²) >= 11 is 0. The summed E-state index contributed by atoms with van der Waals surface area (Å²) in [7, 11) is 1.75. The molecule has 3 N–H and O–H groups in total. The molecule has 1 atom stereocenters. The maximum atomic E-state index is 11.9. The number of rotatable bonds is 5. The van der Waals surface area contributed by atoms with Crippen molar-refractivity contribution in [2.24, 2.45) is 7.05 Å². The van der Waals surface area contributed by atoms with E-state index in [9.17, 15) is 24.8 Å². The van der Waals surface area contributed by atoms with Gasteiger partial charge in [0.05, 0.1) is 4.92 Å². The molecule has 0 saturated carbocycles. The van der Waals surface area contributed by atoms with Crippen molar-refractivity contribution in [3.05, 3.63) is 57.9 Å². The van der Waals surface area contributed by atoms with Gasteiger partial charge < -0.3 is 20.3 Å². The summed E-state index contributed by atoms with van der Waals surface area (Å²) in [6.07, 6.45) is 0.808. The van der Waals surface area contributed by atoms with Crippen molar-refractivity contribution in [1.82, 2.24) is 9.88 Å². The van der Waals surface area contributed by atoms with Crippen LogP contribution in [0.25, 0.3) is 0 Å². The lowest BCUT2D eigenvalue weighted by molar-refractivity contribution is -0.384. The number of nitrogens with one attached hydrogen (secondary N) is 2. The van der Waals surface area contributed by atoms with Gasteiger partial charge in [-0.1, -0.05) is 0 Å². The summed E-state index contributed by atoms with van der Waals surface area (Å²) in [5, 5.41) is 25.4. The molecule has 25 heavy (non-hydrogen) atoms. The summed E-state index contributed by atoms with van der Waals surface area (Å²) < 4.78 is 1.71. The Morgan fingerprint density at radius 2 is 2.04 bits per heavy atom. The molecule has 0 spiro atoms. The first kappa shape index (κ1) is 18.1. The monoisotopic (exact) mass is 346 g/mol. The number of carbonyl (C=O) groups is 2. The smallest absolute Gasteiger partial charge is 0.313 e. The first-order valence-electron chi connectivity index (χ1n) is 7.43. The average molecular weight is 346 g/mol. The lowest BCUT2D eigenvalue weighted by Crippen LogP contribution is -2.38. The summed E-state index contributed by atoms with van der Waals surface area (Å²) in [6, 6.07) is 7.35. The molecular weight excluding hydrogens is 328 g/mol. The van der Waals surface area contributed by atoms with Gasteiger partial charge in [0.15, 0.2) is 0 Å². The van der Waals surface area contributed by atoms with E-state index in [1.165, 1.54) is 18.2 Å². The third kappa shape index (κ3) is 4.42. The number of non-ortho nitro benzene ring substituents is 1. The third-order valence-electron chi connectivity index (χ3n) is 3.66. The SMILES string of the molecule is Cc1cc([N+](=O)[O-])ccc1NC(=O)C(=O)NCC(O)c1cccn1C. The van der Waals surface area contributed by atoms with Gasteiger partial charge in [0.2, 0.25) is 0 Å². The molecule has 1 unspecified atom stereocenters. The average Bonchev–Trinajstić information content (AvgIpc) is 2.99. The van der Waals surface area contributed by atoms with Crippen LogP contribution in [0.1, 0.15) is 17.4 Å². The highest BCUT2D eigenvalue weighted by Crippen LogP contribution is 2.21. The molecule has 2 rings (SSSR count). The molecule has 9 heteroatoms. The number of hydrogen-bond acceptors (Lipinski definition) is 5. The molecule has 0 aliphatic rings. The van der Waals surface area contributed by atoms with Crippen LogP contribution >= 0.6 is 0 Å². The third-order valence-corrected chi connectivity index (χ3v) is 3.66. The second-order valence-corrected chi connectivity index (χ2v) is 5.48. The molecule has 1 heterocycles. The number of hydrogen-bond donors (Lipinski definition) is 3. The maximum absolute atomic E-state index is 11.9. The number of nitro benzene ring substituents is 1. The largest absolute Gasteiger partial charge is 0.385 e. The molecular formula is C16H18N4O5. The van der Waals surface area contributed by atoms with E-state index in [1.54, 1.807) is 36.9 Å². The topological polar surface area (TPSA) is 126 Å². The van der Waals surface area contributed by atoms with Crippen LogP contribution in [0.2, 0.25) is 0 Å². The number of aromatic nitrogens is 1. The van der Waals surface area contributed by atoms with Crippen molar-refractivity contribution in [3.63, 3.8) is 0 Å². The highest BCUT2D eigenvalue weighted by Gasteiger charge is 2.18. The second-order valence-electron chi connectivity index (χ2n) is 5.48. The fourth-order valence-electron chi connectivity index (χ4n) is 2.28. The standard InChI is InChI=1S/C16H18N4O5/c1-10-8-11(20(24)25)5-6-12(10)18-16(23)15(22)17-9-14(21)13-4-3-7-19(13)2/h3-8,14,21H,9H2,1-2H3,(H,17,22)(H,18,23). The van der Waals surface area contributed by atoms with Crippen LogP contribution in [0, 0.1) is 17.0 Å². The van der Waals surface area contributed by atoms with Gasteiger partial charge in [0.1, 0.15) is 6.10 Å². The van der Waals surface area contributed by atoms with E-state index in [-0.39, 0.29) is 12.2 Å². The van der Waals surface area contributed by atoms with E-state index in [0.717, 1.165) is 0 Å². The Balaban J connectivity index is 1.93. The van der Waals surface area contributed by atoms with Gasteiger partial charge in [-0.2, -0.15) is 0 Å². The van der Waals surface area contributed by atoms with Crippen LogP contribution in [0.3, 0.4) is 0 Å². The Morgan fingerprint density at radius 1 is 1.32 bits per heavy atom. The fraction of sp³-hybridized carbons (Fsp3) is 0.250. The molecule has 0 aliphatic carbocycles. The molecule has 2 aromatic rings.